The van der Waals surface area contributed by atoms with Crippen molar-refractivity contribution in [2.75, 3.05) is 19.0 Å². The molecule has 0 aliphatic heterocycles. The molecule has 2 nitrogen and oxygen atoms in total. The number of thiophene rings is 1. The minimum Gasteiger partial charge on any atom is -0.376 e. The van der Waals surface area contributed by atoms with Crippen molar-refractivity contribution in [2.24, 2.45) is 0 Å². The van der Waals surface area contributed by atoms with Crippen LogP contribution in [0, 0.1) is 0 Å². The molecule has 0 spiro atoms. The molecular formula is C11H17NOS. The fraction of sp³-hybridized carbons (Fsp3) is 0.545. The van der Waals surface area contributed by atoms with Crippen molar-refractivity contribution in [3.8, 4) is 0 Å². The summed E-state index contributed by atoms with van der Waals surface area (Å²) in [5.74, 6) is 0.650. The monoisotopic (exact) mass is 211 g/mol. The van der Waals surface area contributed by atoms with Crippen LogP contribution >= 0.6 is 11.3 Å². The van der Waals surface area contributed by atoms with Gasteiger partial charge in [0.1, 0.15) is 0 Å². The second-order valence-electron chi connectivity index (χ2n) is 3.97. The predicted octanol–water partition coefficient (Wildman–Crippen LogP) is 3.14. The maximum Gasteiger partial charge on any atom is 0.171 e. The summed E-state index contributed by atoms with van der Waals surface area (Å²) in [4.78, 5) is 15.5. The molecule has 1 rings (SSSR count). The van der Waals surface area contributed by atoms with E-state index in [1.54, 1.807) is 18.3 Å². The van der Waals surface area contributed by atoms with Gasteiger partial charge in [0, 0.05) is 25.9 Å². The molecule has 14 heavy (non-hydrogen) atoms. The van der Waals surface area contributed by atoms with Crippen molar-refractivity contribution in [3.63, 3.8) is 0 Å². The molecule has 0 atom stereocenters. The number of carbonyl (C=O) groups is 1. The van der Waals surface area contributed by atoms with E-state index in [9.17, 15) is 4.79 Å². The van der Waals surface area contributed by atoms with Gasteiger partial charge in [-0.1, -0.05) is 13.8 Å². The van der Waals surface area contributed by atoms with Crippen molar-refractivity contribution < 1.29 is 4.79 Å². The third-order valence-corrected chi connectivity index (χ3v) is 3.63. The fourth-order valence-electron chi connectivity index (χ4n) is 1.27. The van der Waals surface area contributed by atoms with Crippen molar-refractivity contribution in [3.05, 3.63) is 15.8 Å². The van der Waals surface area contributed by atoms with E-state index in [0.717, 1.165) is 10.6 Å². The van der Waals surface area contributed by atoms with E-state index < -0.39 is 0 Å². The van der Waals surface area contributed by atoms with E-state index in [1.165, 1.54) is 4.88 Å². The van der Waals surface area contributed by atoms with E-state index in [2.05, 4.69) is 19.9 Å². The highest BCUT2D eigenvalue weighted by Crippen LogP contribution is 2.33. The number of hydrogen-bond donors (Lipinski definition) is 0. The second-order valence-corrected chi connectivity index (χ2v) is 5.05. The lowest BCUT2D eigenvalue weighted by atomic mass is 10.1. The molecule has 1 aromatic rings. The largest absolute Gasteiger partial charge is 0.376 e. The SMILES string of the molecule is CC(=O)c1sc(C(C)C)cc1N(C)C. The maximum atomic E-state index is 11.4. The number of carbonyl (C=O) groups excluding carboxylic acids is 1. The average molecular weight is 211 g/mol. The smallest absolute Gasteiger partial charge is 0.171 e. The molecule has 78 valence electrons. The first kappa shape index (κ1) is 11.2. The molecule has 0 unspecified atom stereocenters. The Hall–Kier alpha value is -0.830. The summed E-state index contributed by atoms with van der Waals surface area (Å²) in [5.41, 5.74) is 1.05. The van der Waals surface area contributed by atoms with Crippen LogP contribution in [-0.2, 0) is 0 Å². The van der Waals surface area contributed by atoms with Crippen LogP contribution in [-0.4, -0.2) is 19.9 Å². The van der Waals surface area contributed by atoms with Crippen LogP contribution in [0.5, 0.6) is 0 Å². The molecule has 0 bridgehead atoms. The Balaban J connectivity index is 3.19. The number of anilines is 1. The van der Waals surface area contributed by atoms with Gasteiger partial charge >= 0.3 is 0 Å². The van der Waals surface area contributed by atoms with Gasteiger partial charge in [0.05, 0.1) is 10.6 Å². The quantitative estimate of drug-likeness (QED) is 0.716. The third kappa shape index (κ3) is 2.15. The number of hydrogen-bond acceptors (Lipinski definition) is 3. The molecule has 0 aliphatic carbocycles. The molecule has 0 aliphatic rings. The zero-order chi connectivity index (χ0) is 10.9. The van der Waals surface area contributed by atoms with Gasteiger partial charge in [0.25, 0.3) is 0 Å². The van der Waals surface area contributed by atoms with Crippen molar-refractivity contribution >= 4 is 22.8 Å². The van der Waals surface area contributed by atoms with Crippen LogP contribution < -0.4 is 4.90 Å². The molecule has 0 N–H and O–H groups in total. The molecular weight excluding hydrogens is 194 g/mol. The van der Waals surface area contributed by atoms with Crippen LogP contribution in [0.4, 0.5) is 5.69 Å². The van der Waals surface area contributed by atoms with Crippen molar-refractivity contribution in [1.82, 2.24) is 0 Å². The topological polar surface area (TPSA) is 20.3 Å². The lowest BCUT2D eigenvalue weighted by molar-refractivity contribution is 0.102. The average Bonchev–Trinajstić information content (AvgIpc) is 2.47. The van der Waals surface area contributed by atoms with Crippen LogP contribution in [0.1, 0.15) is 41.2 Å². The number of Topliss-reactive ketones (excluding diaryl/α,β-unsaturated/α-hetero) is 1. The summed E-state index contributed by atoms with van der Waals surface area (Å²) >= 11 is 1.61. The van der Waals surface area contributed by atoms with Gasteiger partial charge in [0.15, 0.2) is 5.78 Å². The van der Waals surface area contributed by atoms with Crippen LogP contribution in [0.3, 0.4) is 0 Å². The molecule has 3 heteroatoms. The Bertz CT molecular complexity index is 339. The van der Waals surface area contributed by atoms with Crippen molar-refractivity contribution in [1.29, 1.82) is 0 Å². The van der Waals surface area contributed by atoms with E-state index in [4.69, 9.17) is 0 Å². The zero-order valence-corrected chi connectivity index (χ0v) is 10.2. The first-order valence-corrected chi connectivity index (χ1v) is 5.57. The van der Waals surface area contributed by atoms with E-state index in [-0.39, 0.29) is 5.78 Å². The van der Waals surface area contributed by atoms with Gasteiger partial charge in [-0.05, 0) is 12.0 Å². The third-order valence-electron chi connectivity index (χ3n) is 2.10. The highest BCUT2D eigenvalue weighted by atomic mass is 32.1. The molecule has 0 fully saturated rings. The van der Waals surface area contributed by atoms with Gasteiger partial charge in [0.2, 0.25) is 0 Å². The normalized spacial score (nSPS) is 10.7. The Morgan fingerprint density at radius 1 is 1.43 bits per heavy atom. The van der Waals surface area contributed by atoms with Gasteiger partial charge in [-0.2, -0.15) is 0 Å². The zero-order valence-electron chi connectivity index (χ0n) is 9.42. The number of rotatable bonds is 3. The predicted molar refractivity (Wildman–Crippen MR) is 62.7 cm³/mol. The summed E-state index contributed by atoms with van der Waals surface area (Å²) in [7, 11) is 3.94. The van der Waals surface area contributed by atoms with Crippen LogP contribution in [0.15, 0.2) is 6.07 Å². The summed E-state index contributed by atoms with van der Waals surface area (Å²) in [6.07, 6.45) is 0. The van der Waals surface area contributed by atoms with Crippen LogP contribution in [0.25, 0.3) is 0 Å². The maximum absolute atomic E-state index is 11.4. The minimum atomic E-state index is 0.158. The first-order chi connectivity index (χ1) is 6.43. The van der Waals surface area contributed by atoms with E-state index >= 15 is 0 Å². The van der Waals surface area contributed by atoms with Gasteiger partial charge < -0.3 is 4.90 Å². The Morgan fingerprint density at radius 3 is 2.29 bits per heavy atom. The molecule has 0 aromatic carbocycles. The second kappa shape index (κ2) is 4.13. The molecule has 1 heterocycles. The summed E-state index contributed by atoms with van der Waals surface area (Å²) in [5, 5.41) is 0. The van der Waals surface area contributed by atoms with Gasteiger partial charge in [-0.3, -0.25) is 4.79 Å². The Morgan fingerprint density at radius 2 is 2.00 bits per heavy atom. The highest BCUT2D eigenvalue weighted by Gasteiger charge is 2.15. The number of ketones is 1. The lowest BCUT2D eigenvalue weighted by Gasteiger charge is -2.11. The summed E-state index contributed by atoms with van der Waals surface area (Å²) in [6, 6.07) is 2.12. The number of nitrogens with zero attached hydrogens (tertiary/aromatic N) is 1. The lowest BCUT2D eigenvalue weighted by Crippen LogP contribution is -2.10. The minimum absolute atomic E-state index is 0.158. The van der Waals surface area contributed by atoms with Crippen molar-refractivity contribution in [2.45, 2.75) is 26.7 Å². The highest BCUT2D eigenvalue weighted by molar-refractivity contribution is 7.14. The van der Waals surface area contributed by atoms with Gasteiger partial charge in [-0.25, -0.2) is 0 Å². The Kier molecular flexibility index (Phi) is 3.32. The summed E-state index contributed by atoms with van der Waals surface area (Å²) in [6.45, 7) is 5.92. The molecule has 0 saturated heterocycles. The molecule has 0 radical (unpaired) electrons. The molecule has 0 saturated carbocycles. The standard InChI is InChI=1S/C11H17NOS/c1-7(2)10-6-9(12(4)5)11(14-10)8(3)13/h6-7H,1-5H3. The molecule has 1 aromatic heterocycles. The Labute approximate surface area is 89.5 Å². The van der Waals surface area contributed by atoms with Gasteiger partial charge in [-0.15, -0.1) is 11.3 Å². The molecule has 0 amide bonds. The van der Waals surface area contributed by atoms with Crippen LogP contribution in [0.2, 0.25) is 0 Å². The van der Waals surface area contributed by atoms with E-state index in [0.29, 0.717) is 5.92 Å². The summed E-state index contributed by atoms with van der Waals surface area (Å²) < 4.78 is 0. The van der Waals surface area contributed by atoms with E-state index in [1.807, 2.05) is 19.0 Å². The fourth-order valence-corrected chi connectivity index (χ4v) is 2.40. The first-order valence-electron chi connectivity index (χ1n) is 4.75.